The van der Waals surface area contributed by atoms with Crippen molar-refractivity contribution < 1.29 is 9.53 Å². The zero-order valence-corrected chi connectivity index (χ0v) is 17.3. The Morgan fingerprint density at radius 2 is 1.90 bits per heavy atom. The lowest BCUT2D eigenvalue weighted by atomic mass is 10.2. The molecule has 0 aliphatic rings. The molecule has 0 saturated carbocycles. The van der Waals surface area contributed by atoms with Gasteiger partial charge in [-0.05, 0) is 50.6 Å². The third-order valence-electron chi connectivity index (χ3n) is 4.13. The predicted octanol–water partition coefficient (Wildman–Crippen LogP) is 4.44. The number of amides is 1. The van der Waals surface area contributed by atoms with E-state index in [9.17, 15) is 4.79 Å². The number of hydrogen-bond donors (Lipinski definition) is 1. The van der Waals surface area contributed by atoms with E-state index in [-0.39, 0.29) is 12.0 Å². The van der Waals surface area contributed by atoms with Gasteiger partial charge in [0.2, 0.25) is 0 Å². The van der Waals surface area contributed by atoms with Gasteiger partial charge in [-0.3, -0.25) is 4.79 Å². The highest BCUT2D eigenvalue weighted by Gasteiger charge is 2.12. The molecule has 1 amide bonds. The van der Waals surface area contributed by atoms with Gasteiger partial charge < -0.3 is 4.74 Å². The summed E-state index contributed by atoms with van der Waals surface area (Å²) in [4.78, 5) is 12.3. The Balaban J connectivity index is 1.65. The van der Waals surface area contributed by atoms with E-state index in [0.717, 1.165) is 11.3 Å². The van der Waals surface area contributed by atoms with Gasteiger partial charge in [0.15, 0.2) is 0 Å². The van der Waals surface area contributed by atoms with Crippen molar-refractivity contribution in [2.45, 2.75) is 33.4 Å². The first kappa shape index (κ1) is 20.6. The molecule has 3 aromatic rings. The maximum atomic E-state index is 12.3. The number of carbonyl (C=O) groups is 1. The molecule has 0 bridgehead atoms. The fraction of sp³-hybridized carbons (Fsp3) is 0.227. The van der Waals surface area contributed by atoms with Crippen LogP contribution >= 0.6 is 11.6 Å². The molecule has 29 heavy (non-hydrogen) atoms. The fourth-order valence-corrected chi connectivity index (χ4v) is 3.04. The molecule has 0 aliphatic heterocycles. The van der Waals surface area contributed by atoms with Crippen LogP contribution in [-0.2, 0) is 6.54 Å². The lowest BCUT2D eigenvalue weighted by molar-refractivity contribution is 0.0955. The van der Waals surface area contributed by atoms with Crippen molar-refractivity contribution in [3.05, 3.63) is 82.1 Å². The zero-order chi connectivity index (χ0) is 20.8. The number of ether oxygens (including phenoxy) is 1. The Morgan fingerprint density at radius 3 is 2.55 bits per heavy atom. The van der Waals surface area contributed by atoms with E-state index in [0.29, 0.717) is 28.6 Å². The molecule has 7 heteroatoms. The largest absolute Gasteiger partial charge is 0.491 e. The van der Waals surface area contributed by atoms with E-state index in [1.807, 2.05) is 51.1 Å². The average Bonchev–Trinajstić information content (AvgIpc) is 2.96. The Labute approximate surface area is 175 Å². The molecule has 1 aromatic heterocycles. The molecule has 1 N–H and O–H groups in total. The minimum absolute atomic E-state index is 0.0788. The molecule has 0 saturated heterocycles. The van der Waals surface area contributed by atoms with Crippen molar-refractivity contribution in [3.8, 4) is 5.75 Å². The van der Waals surface area contributed by atoms with E-state index < -0.39 is 0 Å². The number of rotatable bonds is 7. The van der Waals surface area contributed by atoms with E-state index in [2.05, 4.69) is 15.6 Å². The number of aromatic nitrogens is 2. The molecule has 0 aliphatic carbocycles. The summed E-state index contributed by atoms with van der Waals surface area (Å²) in [5.41, 5.74) is 5.50. The van der Waals surface area contributed by atoms with Crippen LogP contribution in [0.5, 0.6) is 5.75 Å². The molecule has 2 aromatic carbocycles. The minimum atomic E-state index is -0.317. The molecule has 6 nitrogen and oxygen atoms in total. The molecule has 0 fully saturated rings. The van der Waals surface area contributed by atoms with Crippen molar-refractivity contribution in [1.29, 1.82) is 0 Å². The SMILES string of the molecule is Cc1nn(Cc2ccccc2)c(Cl)c1/C=N\NC(=O)c1ccc(OC(C)C)cc1. The topological polar surface area (TPSA) is 68.5 Å². The average molecular weight is 411 g/mol. The molecule has 0 atom stereocenters. The molecule has 0 unspecified atom stereocenters. The number of hydrazone groups is 1. The van der Waals surface area contributed by atoms with Crippen LogP contribution in [0.25, 0.3) is 0 Å². The van der Waals surface area contributed by atoms with Crippen LogP contribution in [0.3, 0.4) is 0 Å². The zero-order valence-electron chi connectivity index (χ0n) is 16.6. The van der Waals surface area contributed by atoms with Crippen LogP contribution in [0.4, 0.5) is 0 Å². The minimum Gasteiger partial charge on any atom is -0.491 e. The first-order valence-electron chi connectivity index (χ1n) is 9.31. The number of aryl methyl sites for hydroxylation is 1. The Kier molecular flexibility index (Phi) is 6.67. The van der Waals surface area contributed by atoms with Crippen LogP contribution in [0.2, 0.25) is 5.15 Å². The summed E-state index contributed by atoms with van der Waals surface area (Å²) in [6.45, 7) is 6.31. The highest BCUT2D eigenvalue weighted by atomic mass is 35.5. The molecule has 1 heterocycles. The standard InChI is InChI=1S/C22H23ClN4O2/c1-15(2)29-19-11-9-18(10-12-19)22(28)25-24-13-20-16(3)26-27(21(20)23)14-17-7-5-4-6-8-17/h4-13,15H,14H2,1-3H3,(H,25,28)/b24-13-. The number of hydrogen-bond acceptors (Lipinski definition) is 4. The van der Waals surface area contributed by atoms with Crippen molar-refractivity contribution in [2.24, 2.45) is 5.10 Å². The van der Waals surface area contributed by atoms with E-state index >= 15 is 0 Å². The molecular formula is C22H23ClN4O2. The quantitative estimate of drug-likeness (QED) is 0.462. The predicted molar refractivity (Wildman–Crippen MR) is 115 cm³/mol. The van der Waals surface area contributed by atoms with Gasteiger partial charge in [-0.25, -0.2) is 10.1 Å². The summed E-state index contributed by atoms with van der Waals surface area (Å²) in [5.74, 6) is 0.399. The molecule has 0 radical (unpaired) electrons. The third-order valence-corrected chi connectivity index (χ3v) is 4.53. The highest BCUT2D eigenvalue weighted by molar-refractivity contribution is 6.32. The Morgan fingerprint density at radius 1 is 1.21 bits per heavy atom. The van der Waals surface area contributed by atoms with Gasteiger partial charge >= 0.3 is 0 Å². The summed E-state index contributed by atoms with van der Waals surface area (Å²) in [6.07, 6.45) is 1.59. The van der Waals surface area contributed by atoms with Gasteiger partial charge in [-0.2, -0.15) is 10.2 Å². The van der Waals surface area contributed by atoms with Gasteiger partial charge in [-0.15, -0.1) is 0 Å². The molecular weight excluding hydrogens is 388 g/mol. The smallest absolute Gasteiger partial charge is 0.271 e. The van der Waals surface area contributed by atoms with Crippen LogP contribution in [-0.4, -0.2) is 28.0 Å². The number of nitrogens with zero attached hydrogens (tertiary/aromatic N) is 3. The summed E-state index contributed by atoms with van der Waals surface area (Å²) >= 11 is 6.45. The lowest BCUT2D eigenvalue weighted by Crippen LogP contribution is -2.17. The lowest BCUT2D eigenvalue weighted by Gasteiger charge is -2.09. The summed E-state index contributed by atoms with van der Waals surface area (Å²) < 4.78 is 7.29. The van der Waals surface area contributed by atoms with Crippen LogP contribution in [0.1, 0.15) is 41.0 Å². The second-order valence-electron chi connectivity index (χ2n) is 6.82. The number of halogens is 1. The van der Waals surface area contributed by atoms with E-state index in [4.69, 9.17) is 16.3 Å². The molecule has 3 rings (SSSR count). The first-order chi connectivity index (χ1) is 13.9. The van der Waals surface area contributed by atoms with Crippen LogP contribution in [0, 0.1) is 6.92 Å². The summed E-state index contributed by atoms with van der Waals surface area (Å²) in [7, 11) is 0. The van der Waals surface area contributed by atoms with Crippen LogP contribution in [0.15, 0.2) is 59.7 Å². The van der Waals surface area contributed by atoms with Crippen molar-refractivity contribution in [1.82, 2.24) is 15.2 Å². The van der Waals surface area contributed by atoms with Crippen molar-refractivity contribution in [2.75, 3.05) is 0 Å². The Hall–Kier alpha value is -3.12. The van der Waals surface area contributed by atoms with Crippen molar-refractivity contribution >= 4 is 23.7 Å². The third kappa shape index (κ3) is 5.45. The fourth-order valence-electron chi connectivity index (χ4n) is 2.75. The van der Waals surface area contributed by atoms with Gasteiger partial charge in [0.1, 0.15) is 10.9 Å². The summed E-state index contributed by atoms with van der Waals surface area (Å²) in [5, 5.41) is 8.97. The van der Waals surface area contributed by atoms with Gasteiger partial charge in [0.05, 0.1) is 30.1 Å². The molecule has 0 spiro atoms. The number of nitrogens with one attached hydrogen (secondary N) is 1. The van der Waals surface area contributed by atoms with Gasteiger partial charge in [-0.1, -0.05) is 41.9 Å². The number of benzene rings is 2. The van der Waals surface area contributed by atoms with E-state index in [1.54, 1.807) is 28.9 Å². The normalized spacial score (nSPS) is 11.2. The molecule has 150 valence electrons. The Bertz CT molecular complexity index is 996. The monoisotopic (exact) mass is 410 g/mol. The van der Waals surface area contributed by atoms with Gasteiger partial charge in [0, 0.05) is 5.56 Å². The second-order valence-corrected chi connectivity index (χ2v) is 7.18. The summed E-state index contributed by atoms with van der Waals surface area (Å²) in [6, 6.07) is 16.8. The van der Waals surface area contributed by atoms with Crippen LogP contribution < -0.4 is 10.2 Å². The van der Waals surface area contributed by atoms with Crippen molar-refractivity contribution in [3.63, 3.8) is 0 Å². The van der Waals surface area contributed by atoms with Gasteiger partial charge in [0.25, 0.3) is 5.91 Å². The highest BCUT2D eigenvalue weighted by Crippen LogP contribution is 2.19. The number of carbonyl (C=O) groups excluding carboxylic acids is 1. The first-order valence-corrected chi connectivity index (χ1v) is 9.69. The maximum Gasteiger partial charge on any atom is 0.271 e. The maximum absolute atomic E-state index is 12.3. The second kappa shape index (κ2) is 9.39. The van der Waals surface area contributed by atoms with E-state index in [1.165, 1.54) is 6.21 Å².